The molecule has 0 saturated carbocycles. The smallest absolute Gasteiger partial charge is 0.320 e. The summed E-state index contributed by atoms with van der Waals surface area (Å²) in [6, 6.07) is 10.00. The van der Waals surface area contributed by atoms with Crippen LogP contribution in [0.25, 0.3) is 11.1 Å². The maximum absolute atomic E-state index is 15.8. The van der Waals surface area contributed by atoms with Crippen LogP contribution >= 0.6 is 11.3 Å². The molecule has 2 aromatic carbocycles. The Morgan fingerprint density at radius 3 is 2.52 bits per heavy atom. The minimum absolute atomic E-state index is 0.0403. The second kappa shape index (κ2) is 12.8. The molecule has 48 heavy (non-hydrogen) atoms. The lowest BCUT2D eigenvalue weighted by atomic mass is 9.99. The van der Waals surface area contributed by atoms with Crippen molar-refractivity contribution in [3.8, 4) is 11.1 Å². The minimum Gasteiger partial charge on any atom is -0.459 e. The Hall–Kier alpha value is -4.62. The Kier molecular flexibility index (Phi) is 8.50. The average Bonchev–Trinajstić information content (AvgIpc) is 3.85. The molecular formula is C35H38FN7O4S. The van der Waals surface area contributed by atoms with Gasteiger partial charge in [-0.3, -0.25) is 24.6 Å². The molecule has 0 aliphatic carbocycles. The third-order valence-electron chi connectivity index (χ3n) is 9.00. The molecule has 3 aliphatic rings. The van der Waals surface area contributed by atoms with Crippen molar-refractivity contribution >= 4 is 39.9 Å². The van der Waals surface area contributed by atoms with Gasteiger partial charge in [-0.25, -0.2) is 14.4 Å². The summed E-state index contributed by atoms with van der Waals surface area (Å²) >= 11 is 1.28. The average molecular weight is 672 g/mol. The van der Waals surface area contributed by atoms with Crippen LogP contribution < -0.4 is 10.2 Å². The number of anilines is 2. The number of nitrogens with one attached hydrogen (secondary N) is 1. The molecule has 1 saturated heterocycles. The van der Waals surface area contributed by atoms with Gasteiger partial charge in [0.15, 0.2) is 11.2 Å². The maximum Gasteiger partial charge on any atom is 0.320 e. The molecule has 2 amide bonds. The fraction of sp³-hybridized carbons (Fsp3) is 0.400. The number of hydrogen-bond acceptors (Lipinski definition) is 9. The number of benzene rings is 2. The molecule has 2 aromatic heterocycles. The number of carbonyl (C=O) groups is 3. The van der Waals surface area contributed by atoms with Gasteiger partial charge in [0.25, 0.3) is 11.8 Å². The normalized spacial score (nSPS) is 17.0. The number of piperazine rings is 1. The molecule has 3 aliphatic heterocycles. The van der Waals surface area contributed by atoms with Crippen LogP contribution in [0.15, 0.2) is 54.3 Å². The third-order valence-corrected chi connectivity index (χ3v) is 9.69. The Bertz CT molecular complexity index is 1840. The zero-order chi connectivity index (χ0) is 33.6. The van der Waals surface area contributed by atoms with Gasteiger partial charge in [-0.15, -0.1) is 11.3 Å². The fourth-order valence-corrected chi connectivity index (χ4v) is 7.28. The van der Waals surface area contributed by atoms with Crippen molar-refractivity contribution in [1.29, 1.82) is 0 Å². The zero-order valence-electron chi connectivity index (χ0n) is 27.2. The van der Waals surface area contributed by atoms with E-state index in [0.29, 0.717) is 16.4 Å². The van der Waals surface area contributed by atoms with Crippen molar-refractivity contribution in [1.82, 2.24) is 24.3 Å². The summed E-state index contributed by atoms with van der Waals surface area (Å²) in [4.78, 5) is 54.5. The summed E-state index contributed by atoms with van der Waals surface area (Å²) in [7, 11) is 0. The highest BCUT2D eigenvalue weighted by Gasteiger charge is 2.42. The van der Waals surface area contributed by atoms with E-state index < -0.39 is 29.3 Å². The van der Waals surface area contributed by atoms with Crippen LogP contribution in [0.2, 0.25) is 0 Å². The summed E-state index contributed by atoms with van der Waals surface area (Å²) in [5.74, 6) is -1.55. The molecule has 0 spiro atoms. The first-order chi connectivity index (χ1) is 23.0. The van der Waals surface area contributed by atoms with Gasteiger partial charge in [0, 0.05) is 66.8 Å². The number of imidazole rings is 1. The number of halogens is 1. The number of carbonyl (C=O) groups excluding carboxylic acids is 3. The molecule has 11 nitrogen and oxygen atoms in total. The molecular weight excluding hydrogens is 633 g/mol. The first-order valence-electron chi connectivity index (χ1n) is 16.2. The summed E-state index contributed by atoms with van der Waals surface area (Å²) in [6.45, 7) is 9.63. The summed E-state index contributed by atoms with van der Waals surface area (Å²) < 4.78 is 23.2. The predicted octanol–water partition coefficient (Wildman–Crippen LogP) is 4.89. The van der Waals surface area contributed by atoms with E-state index in [2.05, 4.69) is 25.1 Å². The first kappa shape index (κ1) is 32.0. The van der Waals surface area contributed by atoms with E-state index in [4.69, 9.17) is 4.74 Å². The van der Waals surface area contributed by atoms with E-state index in [1.54, 1.807) is 24.0 Å². The topological polar surface area (TPSA) is 113 Å². The van der Waals surface area contributed by atoms with Gasteiger partial charge >= 0.3 is 5.97 Å². The lowest BCUT2D eigenvalue weighted by Crippen LogP contribution is -2.48. The molecule has 1 atom stereocenters. The van der Waals surface area contributed by atoms with Crippen LogP contribution in [0, 0.1) is 5.82 Å². The van der Waals surface area contributed by atoms with E-state index in [1.807, 2.05) is 49.6 Å². The molecule has 1 N–H and O–H groups in total. The third kappa shape index (κ3) is 6.44. The van der Waals surface area contributed by atoms with E-state index in [0.717, 1.165) is 62.5 Å². The molecule has 250 valence electrons. The number of hydrogen-bond donors (Lipinski definition) is 1. The van der Waals surface area contributed by atoms with E-state index >= 15 is 4.39 Å². The number of aryl methyl sites for hydroxylation is 1. The van der Waals surface area contributed by atoms with Gasteiger partial charge in [0.05, 0.1) is 25.1 Å². The molecule has 13 heteroatoms. The molecule has 0 radical (unpaired) electrons. The predicted molar refractivity (Wildman–Crippen MR) is 180 cm³/mol. The summed E-state index contributed by atoms with van der Waals surface area (Å²) in [5.41, 5.74) is 3.85. The van der Waals surface area contributed by atoms with Crippen LogP contribution in [0.4, 0.5) is 15.2 Å². The van der Waals surface area contributed by atoms with Crippen LogP contribution in [-0.2, 0) is 33.8 Å². The number of thiazole rings is 1. The standard InChI is InChI=1S/C35H38FN7O4S/c1-35(2,3)47-29(44)20-40-12-14-41(15-13-40)24-8-6-22(7-9-24)23-17-25-26(27(36)18-23)19-43(33(25)46)31(32(45)39-34-37-10-16-48-34)30-28-5-4-11-42(28)21-38-30/h6-10,16-18,21,31H,4-5,11-15,19-20H2,1-3H3,(H,37,39,45)/t31-/m1/s1. The quantitative estimate of drug-likeness (QED) is 0.264. The van der Waals surface area contributed by atoms with Gasteiger partial charge in [0.2, 0.25) is 0 Å². The van der Waals surface area contributed by atoms with Crippen molar-refractivity contribution in [3.63, 3.8) is 0 Å². The highest BCUT2D eigenvalue weighted by molar-refractivity contribution is 7.13. The number of amides is 2. The molecule has 0 unspecified atom stereocenters. The molecule has 1 fully saturated rings. The van der Waals surface area contributed by atoms with E-state index in [1.165, 1.54) is 22.3 Å². The lowest BCUT2D eigenvalue weighted by molar-refractivity contribution is -0.156. The van der Waals surface area contributed by atoms with Crippen molar-refractivity contribution in [2.45, 2.75) is 58.3 Å². The molecule has 4 aromatic rings. The number of rotatable bonds is 8. The van der Waals surface area contributed by atoms with Crippen molar-refractivity contribution in [3.05, 3.63) is 82.6 Å². The summed E-state index contributed by atoms with van der Waals surface area (Å²) in [6.07, 6.45) is 4.99. The number of fused-ring (bicyclic) bond motifs is 2. The molecule has 7 rings (SSSR count). The highest BCUT2D eigenvalue weighted by Crippen LogP contribution is 2.38. The Balaban J connectivity index is 1.07. The van der Waals surface area contributed by atoms with Gasteiger partial charge in [-0.2, -0.15) is 0 Å². The number of aromatic nitrogens is 3. The monoisotopic (exact) mass is 671 g/mol. The molecule has 0 bridgehead atoms. The number of esters is 1. The second-order valence-corrected chi connectivity index (χ2v) is 14.3. The van der Waals surface area contributed by atoms with Crippen molar-refractivity contribution < 1.29 is 23.5 Å². The van der Waals surface area contributed by atoms with Gasteiger partial charge in [-0.05, 0) is 69.0 Å². The molecule has 5 heterocycles. The number of nitrogens with zero attached hydrogens (tertiary/aromatic N) is 6. The Morgan fingerprint density at radius 2 is 1.81 bits per heavy atom. The highest BCUT2D eigenvalue weighted by atomic mass is 32.1. The largest absolute Gasteiger partial charge is 0.459 e. The van der Waals surface area contributed by atoms with E-state index in [9.17, 15) is 14.4 Å². The second-order valence-electron chi connectivity index (χ2n) is 13.4. The maximum atomic E-state index is 15.8. The van der Waals surface area contributed by atoms with Crippen LogP contribution in [0.3, 0.4) is 0 Å². The number of ether oxygens (including phenoxy) is 1. The van der Waals surface area contributed by atoms with Crippen molar-refractivity contribution in [2.24, 2.45) is 0 Å². The fourth-order valence-electron chi connectivity index (χ4n) is 6.75. The zero-order valence-corrected chi connectivity index (χ0v) is 28.1. The minimum atomic E-state index is -1.03. The van der Waals surface area contributed by atoms with Crippen LogP contribution in [0.1, 0.15) is 60.5 Å². The SMILES string of the molecule is CC(C)(C)OC(=O)CN1CCN(c2ccc(-c3cc(F)c4c(c3)C(=O)N([C@@H](C(=O)Nc3nccs3)c3ncn5c3CCC5)C4)cc2)CC1. The Morgan fingerprint density at radius 1 is 1.04 bits per heavy atom. The van der Waals surface area contributed by atoms with Crippen LogP contribution in [-0.4, -0.2) is 80.4 Å². The first-order valence-corrected chi connectivity index (χ1v) is 17.1. The van der Waals surface area contributed by atoms with E-state index in [-0.39, 0.29) is 30.2 Å². The van der Waals surface area contributed by atoms with Crippen LogP contribution in [0.5, 0.6) is 0 Å². The van der Waals surface area contributed by atoms with Gasteiger partial charge < -0.3 is 19.1 Å². The Labute approximate surface area is 282 Å². The summed E-state index contributed by atoms with van der Waals surface area (Å²) in [5, 5.41) is 5.01. The van der Waals surface area contributed by atoms with Crippen molar-refractivity contribution in [2.75, 3.05) is 42.9 Å². The van der Waals surface area contributed by atoms with Gasteiger partial charge in [-0.1, -0.05) is 12.1 Å². The lowest BCUT2D eigenvalue weighted by Gasteiger charge is -2.36. The van der Waals surface area contributed by atoms with Gasteiger partial charge in [0.1, 0.15) is 11.4 Å².